The molecule has 0 spiro atoms. The zero-order chi connectivity index (χ0) is 11.8. The molecule has 0 amide bonds. The van der Waals surface area contributed by atoms with Crippen LogP contribution in [-0.4, -0.2) is 27.2 Å². The molecule has 3 rings (SSSR count). The molecule has 2 atom stereocenters. The van der Waals surface area contributed by atoms with Crippen molar-refractivity contribution in [2.45, 2.75) is 38.3 Å². The molecular weight excluding hydrogens is 254 g/mol. The molecular formula is C12H18ClN3O2. The Hall–Kier alpha value is -1.07. The van der Waals surface area contributed by atoms with E-state index in [0.717, 1.165) is 31.6 Å². The summed E-state index contributed by atoms with van der Waals surface area (Å²) >= 11 is 0. The number of imidazole rings is 1. The van der Waals surface area contributed by atoms with E-state index in [1.165, 1.54) is 12.1 Å². The molecule has 18 heavy (non-hydrogen) atoms. The fraction of sp³-hybridized carbons (Fsp3) is 0.667. The van der Waals surface area contributed by atoms with Crippen molar-refractivity contribution < 1.29 is 9.90 Å². The molecule has 3 heterocycles. The smallest absolute Gasteiger partial charge is 0.308 e. The fourth-order valence-corrected chi connectivity index (χ4v) is 2.86. The number of carboxylic acids is 1. The van der Waals surface area contributed by atoms with Crippen molar-refractivity contribution in [1.82, 2.24) is 14.9 Å². The number of aliphatic carboxylic acids is 1. The maximum absolute atomic E-state index is 11.1. The molecule has 0 aliphatic carbocycles. The van der Waals surface area contributed by atoms with Crippen LogP contribution in [0.2, 0.25) is 0 Å². The Morgan fingerprint density at radius 3 is 3.00 bits per heavy atom. The minimum absolute atomic E-state index is 0. The summed E-state index contributed by atoms with van der Waals surface area (Å²) in [5, 5.41) is 12.5. The van der Waals surface area contributed by atoms with Crippen molar-refractivity contribution in [3.8, 4) is 0 Å². The van der Waals surface area contributed by atoms with Gasteiger partial charge in [-0.05, 0) is 32.2 Å². The predicted molar refractivity (Wildman–Crippen MR) is 68.9 cm³/mol. The van der Waals surface area contributed by atoms with E-state index in [-0.39, 0.29) is 18.3 Å². The van der Waals surface area contributed by atoms with Gasteiger partial charge in [-0.2, -0.15) is 0 Å². The second kappa shape index (κ2) is 5.28. The summed E-state index contributed by atoms with van der Waals surface area (Å²) in [6.45, 7) is 1.62. The number of aromatic nitrogens is 2. The third-order valence-electron chi connectivity index (χ3n) is 3.84. The van der Waals surface area contributed by atoms with E-state index in [1.807, 2.05) is 6.20 Å². The highest BCUT2D eigenvalue weighted by Crippen LogP contribution is 2.28. The lowest BCUT2D eigenvalue weighted by Gasteiger charge is -2.24. The van der Waals surface area contributed by atoms with E-state index >= 15 is 0 Å². The molecule has 0 bridgehead atoms. The van der Waals surface area contributed by atoms with Gasteiger partial charge < -0.3 is 15.0 Å². The second-order valence-corrected chi connectivity index (χ2v) is 4.94. The number of aryl methyl sites for hydroxylation is 1. The number of rotatable bonds is 2. The number of nitrogens with one attached hydrogen (secondary N) is 1. The van der Waals surface area contributed by atoms with Gasteiger partial charge in [0.2, 0.25) is 0 Å². The van der Waals surface area contributed by atoms with E-state index in [4.69, 9.17) is 5.11 Å². The minimum atomic E-state index is -0.685. The Balaban J connectivity index is 0.00000120. The molecule has 1 aromatic rings. The van der Waals surface area contributed by atoms with Gasteiger partial charge in [-0.25, -0.2) is 4.98 Å². The second-order valence-electron chi connectivity index (χ2n) is 4.94. The number of hydrogen-bond donors (Lipinski definition) is 2. The first-order valence-electron chi connectivity index (χ1n) is 6.26. The molecule has 1 fully saturated rings. The summed E-state index contributed by atoms with van der Waals surface area (Å²) in [7, 11) is 0. The molecule has 1 aromatic heterocycles. The number of nitrogens with zero attached hydrogens (tertiary/aromatic N) is 2. The quantitative estimate of drug-likeness (QED) is 0.853. The van der Waals surface area contributed by atoms with Crippen molar-refractivity contribution in [3.63, 3.8) is 0 Å². The fourth-order valence-electron chi connectivity index (χ4n) is 2.86. The average Bonchev–Trinajstić information content (AvgIpc) is 2.96. The molecule has 100 valence electrons. The summed E-state index contributed by atoms with van der Waals surface area (Å²) in [5.41, 5.74) is 1.19. The molecule has 2 unspecified atom stereocenters. The van der Waals surface area contributed by atoms with Crippen molar-refractivity contribution >= 4 is 18.4 Å². The van der Waals surface area contributed by atoms with Crippen LogP contribution < -0.4 is 5.32 Å². The highest BCUT2D eigenvalue weighted by molar-refractivity contribution is 5.85. The van der Waals surface area contributed by atoms with E-state index in [0.29, 0.717) is 12.6 Å². The van der Waals surface area contributed by atoms with Crippen LogP contribution in [0.25, 0.3) is 0 Å². The normalized spacial score (nSPS) is 26.4. The zero-order valence-electron chi connectivity index (χ0n) is 10.1. The van der Waals surface area contributed by atoms with Gasteiger partial charge in [0.1, 0.15) is 5.82 Å². The van der Waals surface area contributed by atoms with Crippen LogP contribution in [0.5, 0.6) is 0 Å². The summed E-state index contributed by atoms with van der Waals surface area (Å²) in [6.07, 6.45) is 5.76. The van der Waals surface area contributed by atoms with Gasteiger partial charge in [0.25, 0.3) is 0 Å². The van der Waals surface area contributed by atoms with Crippen LogP contribution in [0.4, 0.5) is 0 Å². The van der Waals surface area contributed by atoms with E-state index < -0.39 is 5.97 Å². The Morgan fingerprint density at radius 2 is 2.33 bits per heavy atom. The number of carboxylic acid groups (broad SMARTS) is 1. The monoisotopic (exact) mass is 271 g/mol. The molecule has 0 saturated carbocycles. The van der Waals surface area contributed by atoms with Crippen LogP contribution in [0.3, 0.4) is 0 Å². The molecule has 0 radical (unpaired) electrons. The summed E-state index contributed by atoms with van der Waals surface area (Å²) in [4.78, 5) is 15.6. The maximum Gasteiger partial charge on any atom is 0.308 e. The van der Waals surface area contributed by atoms with Crippen molar-refractivity contribution in [2.24, 2.45) is 5.92 Å². The van der Waals surface area contributed by atoms with Gasteiger partial charge in [-0.1, -0.05) is 0 Å². The molecule has 5 nitrogen and oxygen atoms in total. The molecule has 6 heteroatoms. The number of hydrogen-bond acceptors (Lipinski definition) is 3. The van der Waals surface area contributed by atoms with Gasteiger partial charge in [-0.15, -0.1) is 12.4 Å². The molecule has 0 aromatic carbocycles. The van der Waals surface area contributed by atoms with E-state index in [2.05, 4.69) is 14.9 Å². The van der Waals surface area contributed by atoms with Gasteiger partial charge in [0.15, 0.2) is 0 Å². The lowest BCUT2D eigenvalue weighted by atomic mass is 9.98. The lowest BCUT2D eigenvalue weighted by molar-refractivity contribution is -0.142. The van der Waals surface area contributed by atoms with Crippen molar-refractivity contribution in [1.29, 1.82) is 0 Å². The number of carbonyl (C=O) groups is 1. The molecule has 2 aliphatic rings. The van der Waals surface area contributed by atoms with Gasteiger partial charge in [0.05, 0.1) is 12.0 Å². The van der Waals surface area contributed by atoms with Crippen LogP contribution in [0.15, 0.2) is 6.20 Å². The summed E-state index contributed by atoms with van der Waals surface area (Å²) in [6, 6.07) is 0.316. The van der Waals surface area contributed by atoms with Crippen molar-refractivity contribution in [2.75, 3.05) is 6.54 Å². The molecule has 1 saturated heterocycles. The predicted octanol–water partition coefficient (Wildman–Crippen LogP) is 1.38. The SMILES string of the molecule is Cl.O=C(O)C1CCc2cnc(C3CCCN3)n2C1. The first kappa shape index (κ1) is 13.4. The Bertz CT molecular complexity index is 441. The average molecular weight is 272 g/mol. The third kappa shape index (κ3) is 2.24. The largest absolute Gasteiger partial charge is 0.481 e. The standard InChI is InChI=1S/C12H17N3O2.ClH/c16-12(17)8-3-4-9-6-14-11(15(9)7-8)10-2-1-5-13-10;/h6,8,10,13H,1-5,7H2,(H,16,17);1H. The zero-order valence-corrected chi connectivity index (χ0v) is 10.9. The number of halogens is 1. The summed E-state index contributed by atoms with van der Waals surface area (Å²) in [5.74, 6) is 0.0926. The number of fused-ring (bicyclic) bond motifs is 1. The Kier molecular flexibility index (Phi) is 3.92. The van der Waals surface area contributed by atoms with Gasteiger partial charge in [0, 0.05) is 18.4 Å². The summed E-state index contributed by atoms with van der Waals surface area (Å²) < 4.78 is 2.12. The van der Waals surface area contributed by atoms with Crippen molar-refractivity contribution in [3.05, 3.63) is 17.7 Å². The Labute approximate surface area is 112 Å². The molecule has 2 N–H and O–H groups in total. The third-order valence-corrected chi connectivity index (χ3v) is 3.84. The highest BCUT2D eigenvalue weighted by Gasteiger charge is 2.29. The topological polar surface area (TPSA) is 67.2 Å². The Morgan fingerprint density at radius 1 is 1.50 bits per heavy atom. The first-order valence-corrected chi connectivity index (χ1v) is 6.26. The van der Waals surface area contributed by atoms with Crippen LogP contribution in [-0.2, 0) is 17.8 Å². The maximum atomic E-state index is 11.1. The van der Waals surface area contributed by atoms with E-state index in [1.54, 1.807) is 0 Å². The first-order chi connectivity index (χ1) is 8.25. The molecule has 2 aliphatic heterocycles. The van der Waals surface area contributed by atoms with Crippen LogP contribution >= 0.6 is 12.4 Å². The van der Waals surface area contributed by atoms with E-state index in [9.17, 15) is 4.79 Å². The van der Waals surface area contributed by atoms with Gasteiger partial charge in [-0.3, -0.25) is 4.79 Å². The lowest BCUT2D eigenvalue weighted by Crippen LogP contribution is -2.29. The van der Waals surface area contributed by atoms with Crippen LogP contribution in [0.1, 0.15) is 36.8 Å². The highest BCUT2D eigenvalue weighted by atomic mass is 35.5. The van der Waals surface area contributed by atoms with Crippen LogP contribution in [0, 0.1) is 5.92 Å². The minimum Gasteiger partial charge on any atom is -0.481 e. The van der Waals surface area contributed by atoms with Gasteiger partial charge >= 0.3 is 5.97 Å².